The number of carbonyl (C=O) groups is 1. The Morgan fingerprint density at radius 1 is 1.14 bits per heavy atom. The molecule has 1 aliphatic heterocycles. The van der Waals surface area contributed by atoms with E-state index >= 15 is 0 Å². The maximum absolute atomic E-state index is 13.3. The van der Waals surface area contributed by atoms with Crippen molar-refractivity contribution in [3.8, 4) is 0 Å². The van der Waals surface area contributed by atoms with Crippen LogP contribution in [0.4, 0.5) is 5.13 Å². The molecule has 1 amide bonds. The minimum absolute atomic E-state index is 0.0976. The lowest BCUT2D eigenvalue weighted by atomic mass is 10.2. The summed E-state index contributed by atoms with van der Waals surface area (Å²) < 4.78 is 6.37. The second-order valence-corrected chi connectivity index (χ2v) is 8.77. The first-order valence-electron chi connectivity index (χ1n) is 9.54. The van der Waals surface area contributed by atoms with E-state index in [1.807, 2.05) is 18.2 Å². The fraction of sp³-hybridized carbons (Fsp3) is 0.333. The third-order valence-corrected chi connectivity index (χ3v) is 6.36. The van der Waals surface area contributed by atoms with Gasteiger partial charge in [-0.3, -0.25) is 14.6 Å². The van der Waals surface area contributed by atoms with Crippen LogP contribution in [0.5, 0.6) is 0 Å². The van der Waals surface area contributed by atoms with Gasteiger partial charge < -0.3 is 4.74 Å². The number of halogens is 2. The van der Waals surface area contributed by atoms with E-state index in [0.717, 1.165) is 49.5 Å². The third-order valence-electron chi connectivity index (χ3n) is 4.85. The van der Waals surface area contributed by atoms with Crippen molar-refractivity contribution in [2.75, 3.05) is 44.3 Å². The monoisotopic (exact) mass is 449 g/mol. The number of thiazole rings is 1. The van der Waals surface area contributed by atoms with Crippen molar-refractivity contribution in [2.45, 2.75) is 6.42 Å². The number of morpholine rings is 1. The highest BCUT2D eigenvalue weighted by molar-refractivity contribution is 7.22. The van der Waals surface area contributed by atoms with Gasteiger partial charge in [-0.15, -0.1) is 0 Å². The standard InChI is InChI=1S/C21H21Cl2N3O2S/c22-16-4-1-3-15(13-16)20(27)26(8-2-7-25-9-11-28-12-10-25)21-24-18-6-5-17(23)14-19(18)29-21/h1,3-6,13-14H,2,7-12H2. The number of aromatic nitrogens is 1. The Morgan fingerprint density at radius 3 is 2.72 bits per heavy atom. The van der Waals surface area contributed by atoms with Crippen LogP contribution in [0.1, 0.15) is 16.8 Å². The number of hydrogen-bond acceptors (Lipinski definition) is 5. The van der Waals surface area contributed by atoms with E-state index in [9.17, 15) is 4.79 Å². The van der Waals surface area contributed by atoms with E-state index in [2.05, 4.69) is 9.88 Å². The molecule has 3 aromatic rings. The summed E-state index contributed by atoms with van der Waals surface area (Å²) in [6.45, 7) is 4.90. The van der Waals surface area contributed by atoms with Gasteiger partial charge in [-0.2, -0.15) is 0 Å². The molecule has 0 spiro atoms. The number of rotatable bonds is 6. The summed E-state index contributed by atoms with van der Waals surface area (Å²) in [6, 6.07) is 12.6. The first-order valence-corrected chi connectivity index (χ1v) is 11.1. The molecule has 5 nitrogen and oxygen atoms in total. The molecule has 8 heteroatoms. The van der Waals surface area contributed by atoms with Crippen molar-refractivity contribution in [3.05, 3.63) is 58.1 Å². The van der Waals surface area contributed by atoms with Crippen LogP contribution in [-0.2, 0) is 4.74 Å². The van der Waals surface area contributed by atoms with Crippen LogP contribution in [0.3, 0.4) is 0 Å². The van der Waals surface area contributed by atoms with Crippen LogP contribution in [0.25, 0.3) is 10.2 Å². The zero-order valence-corrected chi connectivity index (χ0v) is 18.1. The van der Waals surface area contributed by atoms with Crippen LogP contribution in [0.15, 0.2) is 42.5 Å². The Labute approximate surface area is 183 Å². The molecule has 1 fully saturated rings. The average molecular weight is 450 g/mol. The summed E-state index contributed by atoms with van der Waals surface area (Å²) in [5, 5.41) is 1.88. The van der Waals surface area contributed by atoms with E-state index in [4.69, 9.17) is 27.9 Å². The molecule has 2 heterocycles. The fourth-order valence-corrected chi connectivity index (χ4v) is 4.80. The van der Waals surface area contributed by atoms with Gasteiger partial charge in [0.1, 0.15) is 0 Å². The molecule has 1 saturated heterocycles. The Morgan fingerprint density at radius 2 is 1.93 bits per heavy atom. The highest BCUT2D eigenvalue weighted by Crippen LogP contribution is 2.32. The van der Waals surface area contributed by atoms with Crippen molar-refractivity contribution in [3.63, 3.8) is 0 Å². The molecule has 1 aromatic heterocycles. The topological polar surface area (TPSA) is 45.7 Å². The molecule has 0 N–H and O–H groups in total. The number of anilines is 1. The summed E-state index contributed by atoms with van der Waals surface area (Å²) in [4.78, 5) is 22.1. The number of ether oxygens (including phenoxy) is 1. The number of nitrogens with zero attached hydrogens (tertiary/aromatic N) is 3. The molecule has 1 aliphatic rings. The second kappa shape index (κ2) is 9.41. The smallest absolute Gasteiger partial charge is 0.260 e. The highest BCUT2D eigenvalue weighted by atomic mass is 35.5. The van der Waals surface area contributed by atoms with Crippen LogP contribution in [-0.4, -0.2) is 55.2 Å². The van der Waals surface area contributed by atoms with E-state index in [0.29, 0.717) is 27.3 Å². The predicted octanol–water partition coefficient (Wildman–Crippen LogP) is 4.97. The Kier molecular flexibility index (Phi) is 6.67. The summed E-state index contributed by atoms with van der Waals surface area (Å²) >= 11 is 13.7. The molecule has 0 atom stereocenters. The Hall–Kier alpha value is -1.70. The lowest BCUT2D eigenvalue weighted by Crippen LogP contribution is -2.39. The highest BCUT2D eigenvalue weighted by Gasteiger charge is 2.22. The maximum Gasteiger partial charge on any atom is 0.260 e. The van der Waals surface area contributed by atoms with Crippen molar-refractivity contribution < 1.29 is 9.53 Å². The molecule has 0 saturated carbocycles. The van der Waals surface area contributed by atoms with Gasteiger partial charge in [-0.1, -0.05) is 40.6 Å². The van der Waals surface area contributed by atoms with Crippen LogP contribution >= 0.6 is 34.5 Å². The first-order chi connectivity index (χ1) is 14.1. The van der Waals surface area contributed by atoms with Crippen LogP contribution in [0, 0.1) is 0 Å². The summed E-state index contributed by atoms with van der Waals surface area (Å²) in [5.74, 6) is -0.0976. The third kappa shape index (κ3) is 5.08. The first kappa shape index (κ1) is 20.6. The van der Waals surface area contributed by atoms with Gasteiger partial charge in [0.05, 0.1) is 23.4 Å². The number of carbonyl (C=O) groups excluding carboxylic acids is 1. The van der Waals surface area contributed by atoms with Gasteiger partial charge in [0.2, 0.25) is 0 Å². The largest absolute Gasteiger partial charge is 0.379 e. The molecule has 0 radical (unpaired) electrons. The molecule has 0 unspecified atom stereocenters. The van der Waals surface area contributed by atoms with Gasteiger partial charge in [0.15, 0.2) is 5.13 Å². The zero-order valence-electron chi connectivity index (χ0n) is 15.8. The fourth-order valence-electron chi connectivity index (χ4n) is 3.34. The number of hydrogen-bond donors (Lipinski definition) is 0. The molecule has 4 rings (SSSR count). The lowest BCUT2D eigenvalue weighted by molar-refractivity contribution is 0.0376. The SMILES string of the molecule is O=C(c1cccc(Cl)c1)N(CCCN1CCOCC1)c1nc2ccc(Cl)cc2s1. The number of benzene rings is 2. The summed E-state index contributed by atoms with van der Waals surface area (Å²) in [5.41, 5.74) is 1.40. The molecule has 152 valence electrons. The van der Waals surface area contributed by atoms with Crippen molar-refractivity contribution in [1.29, 1.82) is 0 Å². The lowest BCUT2D eigenvalue weighted by Gasteiger charge is -2.27. The maximum atomic E-state index is 13.3. The molecule has 0 aliphatic carbocycles. The van der Waals surface area contributed by atoms with E-state index in [-0.39, 0.29) is 5.91 Å². The number of fused-ring (bicyclic) bond motifs is 1. The van der Waals surface area contributed by atoms with Crippen LogP contribution in [0.2, 0.25) is 10.0 Å². The Balaban J connectivity index is 1.57. The quantitative estimate of drug-likeness (QED) is 0.532. The van der Waals surface area contributed by atoms with Gasteiger partial charge in [0, 0.05) is 41.8 Å². The average Bonchev–Trinajstić information content (AvgIpc) is 3.14. The summed E-state index contributed by atoms with van der Waals surface area (Å²) in [6.07, 6.45) is 0.850. The molecule has 0 bridgehead atoms. The summed E-state index contributed by atoms with van der Waals surface area (Å²) in [7, 11) is 0. The molecule has 29 heavy (non-hydrogen) atoms. The normalized spacial score (nSPS) is 15.0. The zero-order chi connectivity index (χ0) is 20.2. The predicted molar refractivity (Wildman–Crippen MR) is 120 cm³/mol. The minimum atomic E-state index is -0.0976. The second-order valence-electron chi connectivity index (χ2n) is 6.88. The van der Waals surface area contributed by atoms with Gasteiger partial charge in [-0.05, 0) is 42.8 Å². The van der Waals surface area contributed by atoms with E-state index in [1.165, 1.54) is 11.3 Å². The van der Waals surface area contributed by atoms with E-state index in [1.54, 1.807) is 29.2 Å². The molecular formula is C21H21Cl2N3O2S. The Bertz CT molecular complexity index is 1000. The van der Waals surface area contributed by atoms with Gasteiger partial charge >= 0.3 is 0 Å². The van der Waals surface area contributed by atoms with Crippen molar-refractivity contribution in [1.82, 2.24) is 9.88 Å². The van der Waals surface area contributed by atoms with E-state index < -0.39 is 0 Å². The van der Waals surface area contributed by atoms with Gasteiger partial charge in [-0.25, -0.2) is 4.98 Å². The van der Waals surface area contributed by atoms with Crippen molar-refractivity contribution in [2.24, 2.45) is 0 Å². The van der Waals surface area contributed by atoms with Gasteiger partial charge in [0.25, 0.3) is 5.91 Å². The van der Waals surface area contributed by atoms with Crippen molar-refractivity contribution >= 4 is 55.8 Å². The minimum Gasteiger partial charge on any atom is -0.379 e. The molecule has 2 aromatic carbocycles. The van der Waals surface area contributed by atoms with Crippen LogP contribution < -0.4 is 4.90 Å². The number of amides is 1. The molecular weight excluding hydrogens is 429 g/mol.